The third kappa shape index (κ3) is 3.57. The number of pyridine rings is 1. The van der Waals surface area contributed by atoms with Crippen LogP contribution in [0.3, 0.4) is 0 Å². The second kappa shape index (κ2) is 6.72. The number of benzene rings is 1. The van der Waals surface area contributed by atoms with Crippen LogP contribution in [0.15, 0.2) is 30.5 Å². The quantitative estimate of drug-likeness (QED) is 0.938. The van der Waals surface area contributed by atoms with Gasteiger partial charge in [-0.15, -0.1) is 0 Å². The van der Waals surface area contributed by atoms with Crippen molar-refractivity contribution in [1.29, 1.82) is 0 Å². The zero-order valence-corrected chi connectivity index (χ0v) is 14.2. The summed E-state index contributed by atoms with van der Waals surface area (Å²) < 4.78 is 0. The summed E-state index contributed by atoms with van der Waals surface area (Å²) in [5.74, 6) is 0.136. The number of aromatic nitrogens is 1. The van der Waals surface area contributed by atoms with Crippen molar-refractivity contribution in [3.63, 3.8) is 0 Å². The van der Waals surface area contributed by atoms with Crippen LogP contribution in [0.1, 0.15) is 6.92 Å². The number of rotatable bonds is 3. The molecule has 2 heterocycles. The predicted octanol–water partition coefficient (Wildman–Crippen LogP) is 2.46. The van der Waals surface area contributed by atoms with E-state index in [4.69, 9.17) is 11.6 Å². The Morgan fingerprint density at radius 3 is 2.74 bits per heavy atom. The maximum absolute atomic E-state index is 12.6. The Morgan fingerprint density at radius 1 is 1.26 bits per heavy atom. The van der Waals surface area contributed by atoms with Gasteiger partial charge in [0.25, 0.3) is 0 Å². The molecule has 0 aliphatic carbocycles. The van der Waals surface area contributed by atoms with Crippen molar-refractivity contribution < 1.29 is 4.79 Å². The maximum atomic E-state index is 12.6. The Bertz CT molecular complexity index is 713. The molecule has 0 saturated carbocycles. The Labute approximate surface area is 141 Å². The smallest absolute Gasteiger partial charge is 0.244 e. The summed E-state index contributed by atoms with van der Waals surface area (Å²) in [4.78, 5) is 21.1. The van der Waals surface area contributed by atoms with Crippen LogP contribution >= 0.6 is 11.6 Å². The topological polar surface area (TPSA) is 48.5 Å². The van der Waals surface area contributed by atoms with Gasteiger partial charge in [-0.1, -0.05) is 11.6 Å². The molecule has 2 aromatic rings. The van der Waals surface area contributed by atoms with E-state index in [0.717, 1.165) is 42.8 Å². The van der Waals surface area contributed by atoms with Gasteiger partial charge in [0, 0.05) is 48.5 Å². The molecule has 1 saturated heterocycles. The van der Waals surface area contributed by atoms with E-state index in [1.165, 1.54) is 0 Å². The summed E-state index contributed by atoms with van der Waals surface area (Å²) in [6, 6.07) is 7.21. The first-order valence-corrected chi connectivity index (χ1v) is 8.20. The molecule has 3 rings (SSSR count). The number of carbonyl (C=O) groups excluding carboxylic acids is 1. The number of anilines is 1. The molecule has 23 heavy (non-hydrogen) atoms. The van der Waals surface area contributed by atoms with Gasteiger partial charge in [-0.2, -0.15) is 0 Å². The molecule has 122 valence electrons. The standard InChI is InChI=1S/C17H21ClN4O/c1-12(17(23)22-9-7-21(2)8-10-22)20-15-5-6-19-16-11-13(18)3-4-14(15)16/h3-6,11-12H,7-10H2,1-2H3,(H,19,20)/t12-/m0/s1. The largest absolute Gasteiger partial charge is 0.373 e. The predicted molar refractivity (Wildman–Crippen MR) is 93.9 cm³/mol. The van der Waals surface area contributed by atoms with Crippen molar-refractivity contribution in [2.24, 2.45) is 0 Å². The SMILES string of the molecule is C[C@H](Nc1ccnc2cc(Cl)ccc12)C(=O)N1CCN(C)CC1. The Hall–Kier alpha value is -1.85. The van der Waals surface area contributed by atoms with Crippen LogP contribution in [0.5, 0.6) is 0 Å². The molecule has 0 radical (unpaired) electrons. The summed E-state index contributed by atoms with van der Waals surface area (Å²) in [6.45, 7) is 5.33. The first-order valence-electron chi connectivity index (χ1n) is 7.83. The van der Waals surface area contributed by atoms with E-state index in [2.05, 4.69) is 22.2 Å². The molecule has 1 atom stereocenters. The first-order chi connectivity index (χ1) is 11.0. The molecule has 1 amide bonds. The lowest BCUT2D eigenvalue weighted by Gasteiger charge is -2.34. The average molecular weight is 333 g/mol. The van der Waals surface area contributed by atoms with Crippen LogP contribution in [-0.2, 0) is 4.79 Å². The molecular weight excluding hydrogens is 312 g/mol. The Kier molecular flexibility index (Phi) is 4.68. The van der Waals surface area contributed by atoms with Gasteiger partial charge >= 0.3 is 0 Å². The molecule has 1 aliphatic rings. The minimum Gasteiger partial charge on any atom is -0.373 e. The van der Waals surface area contributed by atoms with E-state index in [9.17, 15) is 4.79 Å². The molecule has 1 N–H and O–H groups in total. The molecule has 1 aliphatic heterocycles. The highest BCUT2D eigenvalue weighted by atomic mass is 35.5. The van der Waals surface area contributed by atoms with Crippen LogP contribution in [0.2, 0.25) is 5.02 Å². The van der Waals surface area contributed by atoms with Gasteiger partial charge in [-0.05, 0) is 38.2 Å². The Balaban J connectivity index is 1.75. The van der Waals surface area contributed by atoms with Crippen LogP contribution < -0.4 is 5.32 Å². The lowest BCUT2D eigenvalue weighted by Crippen LogP contribution is -2.51. The fraction of sp³-hybridized carbons (Fsp3) is 0.412. The fourth-order valence-electron chi connectivity index (χ4n) is 2.84. The number of carbonyl (C=O) groups is 1. The first kappa shape index (κ1) is 16.0. The molecule has 0 spiro atoms. The van der Waals surface area contributed by atoms with Gasteiger partial charge in [0.1, 0.15) is 6.04 Å². The van der Waals surface area contributed by atoms with E-state index in [-0.39, 0.29) is 11.9 Å². The van der Waals surface area contributed by atoms with E-state index >= 15 is 0 Å². The van der Waals surface area contributed by atoms with Crippen LogP contribution in [0.4, 0.5) is 5.69 Å². The molecular formula is C17H21ClN4O. The summed E-state index contributed by atoms with van der Waals surface area (Å²) in [6.07, 6.45) is 1.73. The van der Waals surface area contributed by atoms with Gasteiger partial charge < -0.3 is 15.1 Å². The van der Waals surface area contributed by atoms with Crippen molar-refractivity contribution in [3.8, 4) is 0 Å². The second-order valence-corrected chi connectivity index (χ2v) is 6.45. The number of nitrogens with zero attached hydrogens (tertiary/aromatic N) is 3. The number of nitrogens with one attached hydrogen (secondary N) is 1. The molecule has 5 nitrogen and oxygen atoms in total. The Morgan fingerprint density at radius 2 is 2.00 bits per heavy atom. The summed E-state index contributed by atoms with van der Waals surface area (Å²) in [5, 5.41) is 4.95. The third-order valence-corrected chi connectivity index (χ3v) is 4.50. The van der Waals surface area contributed by atoms with Crippen molar-refractivity contribution in [2.75, 3.05) is 38.5 Å². The van der Waals surface area contributed by atoms with Crippen molar-refractivity contribution in [2.45, 2.75) is 13.0 Å². The average Bonchev–Trinajstić information content (AvgIpc) is 2.54. The van der Waals surface area contributed by atoms with Crippen LogP contribution in [-0.4, -0.2) is 60.0 Å². The number of hydrogen-bond acceptors (Lipinski definition) is 4. The van der Waals surface area contributed by atoms with Crippen molar-refractivity contribution in [1.82, 2.24) is 14.8 Å². The van der Waals surface area contributed by atoms with Gasteiger partial charge in [0.2, 0.25) is 5.91 Å². The van der Waals surface area contributed by atoms with Crippen LogP contribution in [0, 0.1) is 0 Å². The molecule has 6 heteroatoms. The lowest BCUT2D eigenvalue weighted by atomic mass is 10.1. The molecule has 1 aromatic carbocycles. The minimum atomic E-state index is -0.278. The van der Waals surface area contributed by atoms with Crippen molar-refractivity contribution >= 4 is 34.1 Å². The van der Waals surface area contributed by atoms with Crippen LogP contribution in [0.25, 0.3) is 10.9 Å². The van der Waals surface area contributed by atoms with E-state index in [0.29, 0.717) is 5.02 Å². The van der Waals surface area contributed by atoms with Gasteiger partial charge in [-0.25, -0.2) is 0 Å². The number of fused-ring (bicyclic) bond motifs is 1. The maximum Gasteiger partial charge on any atom is 0.244 e. The summed E-state index contributed by atoms with van der Waals surface area (Å²) >= 11 is 6.02. The highest BCUT2D eigenvalue weighted by Crippen LogP contribution is 2.25. The zero-order valence-electron chi connectivity index (χ0n) is 13.4. The molecule has 0 unspecified atom stereocenters. The number of halogens is 1. The van der Waals surface area contributed by atoms with Gasteiger partial charge in [-0.3, -0.25) is 9.78 Å². The van der Waals surface area contributed by atoms with Crippen molar-refractivity contribution in [3.05, 3.63) is 35.5 Å². The second-order valence-electron chi connectivity index (χ2n) is 6.01. The molecule has 0 bridgehead atoms. The van der Waals surface area contributed by atoms with E-state index in [1.54, 1.807) is 6.20 Å². The third-order valence-electron chi connectivity index (χ3n) is 4.26. The summed E-state index contributed by atoms with van der Waals surface area (Å²) in [7, 11) is 2.08. The number of piperazine rings is 1. The zero-order chi connectivity index (χ0) is 16.4. The highest BCUT2D eigenvalue weighted by Gasteiger charge is 2.23. The monoisotopic (exact) mass is 332 g/mol. The summed E-state index contributed by atoms with van der Waals surface area (Å²) in [5.41, 5.74) is 1.73. The molecule has 1 fully saturated rings. The van der Waals surface area contributed by atoms with E-state index in [1.807, 2.05) is 36.1 Å². The number of likely N-dealkylation sites (N-methyl/N-ethyl adjacent to an activating group) is 1. The normalized spacial score (nSPS) is 17.3. The highest BCUT2D eigenvalue weighted by molar-refractivity contribution is 6.31. The minimum absolute atomic E-state index is 0.136. The number of amides is 1. The van der Waals surface area contributed by atoms with E-state index < -0.39 is 0 Å². The fourth-order valence-corrected chi connectivity index (χ4v) is 3.01. The number of hydrogen-bond donors (Lipinski definition) is 1. The molecule has 1 aromatic heterocycles. The lowest BCUT2D eigenvalue weighted by molar-refractivity contribution is -0.133. The van der Waals surface area contributed by atoms with Gasteiger partial charge in [0.15, 0.2) is 0 Å². The van der Waals surface area contributed by atoms with Gasteiger partial charge in [0.05, 0.1) is 5.52 Å².